The largest absolute Gasteiger partial charge is 0.456 e. The summed E-state index contributed by atoms with van der Waals surface area (Å²) in [7, 11) is 0. The summed E-state index contributed by atoms with van der Waals surface area (Å²) < 4.78 is 13.4. The molecule has 0 fully saturated rings. The van der Waals surface area contributed by atoms with E-state index in [-0.39, 0.29) is 16.2 Å². The van der Waals surface area contributed by atoms with Gasteiger partial charge < -0.3 is 13.7 Å². The van der Waals surface area contributed by atoms with Crippen LogP contribution < -0.4 is 4.90 Å². The molecule has 0 spiro atoms. The summed E-state index contributed by atoms with van der Waals surface area (Å²) in [5.74, 6) is 0. The van der Waals surface area contributed by atoms with Crippen LogP contribution in [0.15, 0.2) is 191 Å². The van der Waals surface area contributed by atoms with Gasteiger partial charge in [0, 0.05) is 60.4 Å². The second kappa shape index (κ2) is 13.8. The van der Waals surface area contributed by atoms with Crippen LogP contribution in [0.2, 0.25) is 0 Å². The number of rotatable bonds is 4. The first-order valence-electron chi connectivity index (χ1n) is 25.1. The van der Waals surface area contributed by atoms with Crippen LogP contribution in [-0.2, 0) is 16.2 Å². The first-order chi connectivity index (χ1) is 34.4. The van der Waals surface area contributed by atoms with Crippen molar-refractivity contribution in [3.8, 4) is 44.5 Å². The van der Waals surface area contributed by atoms with Gasteiger partial charge in [0.2, 0.25) is 0 Å². The van der Waals surface area contributed by atoms with E-state index in [9.17, 15) is 0 Å². The standard InChI is InChI=1S/C68H51NO2/c1-38-20-24-42(25-21-38)69(43-26-28-45-50-36-56-51(37-55(50)67(4,5)53(45)33-43)62-52(66(56,2)3)30-31-60-63(62)47-16-10-12-18-58(47)70-60)44-27-29-46-54(34-44)68(6,7)57-35-49(41-23-22-39-14-8-9-15-40(39)32-41)65-64(61(46)57)48-17-11-13-19-59(48)71-65/h8-37H,1-7H3. The molecule has 0 saturated heterocycles. The molecule has 0 aliphatic heterocycles. The van der Waals surface area contributed by atoms with Crippen molar-refractivity contribution in [2.45, 2.75) is 64.7 Å². The predicted octanol–water partition coefficient (Wildman–Crippen LogP) is 19.0. The van der Waals surface area contributed by atoms with E-state index in [2.05, 4.69) is 235 Å². The molecule has 71 heavy (non-hydrogen) atoms. The minimum absolute atomic E-state index is 0.170. The number of aryl methyl sites for hydroxylation is 1. The van der Waals surface area contributed by atoms with Crippen molar-refractivity contribution in [3.63, 3.8) is 0 Å². The van der Waals surface area contributed by atoms with Crippen molar-refractivity contribution in [2.24, 2.45) is 0 Å². The van der Waals surface area contributed by atoms with Crippen molar-refractivity contribution in [1.29, 1.82) is 0 Å². The molecule has 0 N–H and O–H groups in total. The Balaban J connectivity index is 0.888. The molecule has 15 rings (SSSR count). The van der Waals surface area contributed by atoms with Gasteiger partial charge in [0.25, 0.3) is 0 Å². The summed E-state index contributed by atoms with van der Waals surface area (Å²) in [6.45, 7) is 16.6. The Bertz CT molecular complexity index is 4320. The Hall–Kier alpha value is -8.14. The lowest BCUT2D eigenvalue weighted by atomic mass is 9.79. The zero-order valence-corrected chi connectivity index (χ0v) is 41.1. The van der Waals surface area contributed by atoms with Crippen molar-refractivity contribution in [1.82, 2.24) is 0 Å². The Labute approximate surface area is 413 Å². The number of benzene rings is 10. The Morgan fingerprint density at radius 3 is 1.66 bits per heavy atom. The van der Waals surface area contributed by atoms with Crippen LogP contribution in [0.1, 0.15) is 80.5 Å². The SMILES string of the molecule is Cc1ccc(N(c2ccc3c(c2)C(C)(C)c2cc4c(cc2-3)C(C)(C)c2ccc3oc5ccccc5c3c2-4)c2ccc3c(c2)C(C)(C)c2cc(-c4ccc5ccccc5c4)c4oc5ccccc5c4c2-3)cc1. The third-order valence-electron chi connectivity index (χ3n) is 17.1. The van der Waals surface area contributed by atoms with Gasteiger partial charge in [-0.1, -0.05) is 150 Å². The molecule has 3 aliphatic carbocycles. The fourth-order valence-electron chi connectivity index (χ4n) is 13.3. The van der Waals surface area contributed by atoms with Gasteiger partial charge in [-0.05, 0) is 169 Å². The fourth-order valence-corrected chi connectivity index (χ4v) is 13.3. The fraction of sp³-hybridized carbons (Fsp3) is 0.147. The minimum Gasteiger partial charge on any atom is -0.456 e. The number of anilines is 3. The van der Waals surface area contributed by atoms with E-state index in [1.165, 1.54) is 99.3 Å². The minimum atomic E-state index is -0.305. The van der Waals surface area contributed by atoms with Crippen LogP contribution in [-0.4, -0.2) is 0 Å². The van der Waals surface area contributed by atoms with E-state index in [0.717, 1.165) is 55.9 Å². The average Bonchev–Trinajstić information content (AvgIpc) is 4.13. The first kappa shape index (κ1) is 40.7. The number of furan rings is 2. The molecule has 3 nitrogen and oxygen atoms in total. The van der Waals surface area contributed by atoms with Gasteiger partial charge in [0.1, 0.15) is 22.3 Å². The van der Waals surface area contributed by atoms with E-state index in [1.54, 1.807) is 0 Å². The van der Waals surface area contributed by atoms with E-state index in [4.69, 9.17) is 8.83 Å². The Kier molecular flexibility index (Phi) is 7.91. The molecular formula is C68H51NO2. The summed E-state index contributed by atoms with van der Waals surface area (Å²) >= 11 is 0. The van der Waals surface area contributed by atoms with Crippen molar-refractivity contribution in [3.05, 3.63) is 221 Å². The molecule has 0 radical (unpaired) electrons. The van der Waals surface area contributed by atoms with Crippen LogP contribution >= 0.6 is 0 Å². The third-order valence-corrected chi connectivity index (χ3v) is 17.1. The van der Waals surface area contributed by atoms with Gasteiger partial charge in [-0.15, -0.1) is 0 Å². The summed E-state index contributed by atoms with van der Waals surface area (Å²) in [6.07, 6.45) is 0. The third kappa shape index (κ3) is 5.39. The molecule has 3 heteroatoms. The van der Waals surface area contributed by atoms with E-state index in [1.807, 2.05) is 0 Å². The number of para-hydroxylation sites is 2. The predicted molar refractivity (Wildman–Crippen MR) is 296 cm³/mol. The summed E-state index contributed by atoms with van der Waals surface area (Å²) in [5, 5.41) is 7.20. The van der Waals surface area contributed by atoms with Crippen molar-refractivity contribution < 1.29 is 8.83 Å². The number of hydrogen-bond acceptors (Lipinski definition) is 3. The topological polar surface area (TPSA) is 29.5 Å². The smallest absolute Gasteiger partial charge is 0.143 e. The van der Waals surface area contributed by atoms with Crippen LogP contribution in [0.5, 0.6) is 0 Å². The van der Waals surface area contributed by atoms with Crippen LogP contribution in [0.25, 0.3) is 99.2 Å². The molecule has 10 aromatic carbocycles. The van der Waals surface area contributed by atoms with E-state index in [0.29, 0.717) is 0 Å². The molecule has 0 atom stereocenters. The maximum atomic E-state index is 6.89. The molecule has 3 aliphatic rings. The Morgan fingerprint density at radius 2 is 0.901 bits per heavy atom. The lowest BCUT2D eigenvalue weighted by molar-refractivity contribution is 0.651. The highest BCUT2D eigenvalue weighted by Crippen LogP contribution is 2.60. The lowest BCUT2D eigenvalue weighted by Gasteiger charge is -2.30. The molecular weight excluding hydrogens is 863 g/mol. The first-order valence-corrected chi connectivity index (χ1v) is 25.1. The van der Waals surface area contributed by atoms with Gasteiger partial charge >= 0.3 is 0 Å². The highest BCUT2D eigenvalue weighted by molar-refractivity contribution is 6.19. The molecule has 340 valence electrons. The van der Waals surface area contributed by atoms with Crippen LogP contribution in [0.3, 0.4) is 0 Å². The molecule has 12 aromatic rings. The maximum absolute atomic E-state index is 6.89. The zero-order chi connectivity index (χ0) is 47.9. The highest BCUT2D eigenvalue weighted by Gasteiger charge is 2.44. The highest BCUT2D eigenvalue weighted by atomic mass is 16.3. The monoisotopic (exact) mass is 913 g/mol. The molecule has 0 unspecified atom stereocenters. The van der Waals surface area contributed by atoms with Crippen molar-refractivity contribution in [2.75, 3.05) is 4.90 Å². The second-order valence-electron chi connectivity index (χ2n) is 22.1. The van der Waals surface area contributed by atoms with E-state index < -0.39 is 0 Å². The van der Waals surface area contributed by atoms with Gasteiger partial charge in [0.15, 0.2) is 0 Å². The van der Waals surface area contributed by atoms with Gasteiger partial charge in [-0.3, -0.25) is 0 Å². The molecule has 2 aromatic heterocycles. The van der Waals surface area contributed by atoms with Gasteiger partial charge in [-0.25, -0.2) is 0 Å². The molecule has 0 amide bonds. The Morgan fingerprint density at radius 1 is 0.352 bits per heavy atom. The zero-order valence-electron chi connectivity index (χ0n) is 41.1. The maximum Gasteiger partial charge on any atom is 0.143 e. The molecule has 2 heterocycles. The van der Waals surface area contributed by atoms with Crippen LogP contribution in [0.4, 0.5) is 17.1 Å². The van der Waals surface area contributed by atoms with Crippen LogP contribution in [0, 0.1) is 6.92 Å². The average molecular weight is 914 g/mol. The summed E-state index contributed by atoms with van der Waals surface area (Å²) in [4.78, 5) is 2.47. The molecule has 0 saturated carbocycles. The molecule has 0 bridgehead atoms. The van der Waals surface area contributed by atoms with Crippen molar-refractivity contribution >= 4 is 71.7 Å². The van der Waals surface area contributed by atoms with E-state index >= 15 is 0 Å². The normalized spacial score (nSPS) is 15.3. The number of hydrogen-bond donors (Lipinski definition) is 0. The lowest BCUT2D eigenvalue weighted by Crippen LogP contribution is -2.18. The summed E-state index contributed by atoms with van der Waals surface area (Å²) in [6, 6.07) is 67.9. The quantitative estimate of drug-likeness (QED) is 0.176. The number of nitrogens with zero attached hydrogens (tertiary/aromatic N) is 1. The number of fused-ring (bicyclic) bond motifs is 18. The summed E-state index contributed by atoms with van der Waals surface area (Å²) in [5.41, 5.74) is 25.9. The van der Waals surface area contributed by atoms with Gasteiger partial charge in [-0.2, -0.15) is 0 Å². The van der Waals surface area contributed by atoms with Gasteiger partial charge in [0.05, 0.1) is 0 Å². The second-order valence-corrected chi connectivity index (χ2v) is 22.1.